The van der Waals surface area contributed by atoms with E-state index in [1.807, 2.05) is 44.2 Å². The van der Waals surface area contributed by atoms with Gasteiger partial charge in [0.2, 0.25) is 0 Å². The molecule has 0 aromatic heterocycles. The van der Waals surface area contributed by atoms with Crippen LogP contribution in [-0.2, 0) is 0 Å². The van der Waals surface area contributed by atoms with Crippen molar-refractivity contribution in [2.45, 2.75) is 13.8 Å². The number of carbonyl (C=O) groups excluding carboxylic acids is 1. The number of para-hydroxylation sites is 2. The van der Waals surface area contributed by atoms with E-state index in [0.29, 0.717) is 29.4 Å². The zero-order chi connectivity index (χ0) is 15.2. The van der Waals surface area contributed by atoms with Gasteiger partial charge in [-0.1, -0.05) is 23.8 Å². The molecule has 4 heteroatoms. The second kappa shape index (κ2) is 6.79. The number of amides is 1. The Kier molecular flexibility index (Phi) is 4.82. The Bertz CT molecular complexity index is 638. The molecule has 2 aromatic rings. The molecule has 0 bridgehead atoms. The van der Waals surface area contributed by atoms with Crippen molar-refractivity contribution in [2.24, 2.45) is 0 Å². The lowest BCUT2D eigenvalue weighted by Crippen LogP contribution is -2.14. The second-order valence-electron chi connectivity index (χ2n) is 4.59. The van der Waals surface area contributed by atoms with Crippen molar-refractivity contribution in [1.29, 1.82) is 0 Å². The summed E-state index contributed by atoms with van der Waals surface area (Å²) in [6.45, 7) is 4.38. The quantitative estimate of drug-likeness (QED) is 0.912. The van der Waals surface area contributed by atoms with Crippen LogP contribution in [-0.4, -0.2) is 19.6 Å². The Balaban J connectivity index is 2.28. The van der Waals surface area contributed by atoms with Crippen LogP contribution in [0.25, 0.3) is 0 Å². The van der Waals surface area contributed by atoms with Crippen molar-refractivity contribution < 1.29 is 14.3 Å². The third-order valence-corrected chi connectivity index (χ3v) is 3.03. The van der Waals surface area contributed by atoms with E-state index in [9.17, 15) is 4.79 Å². The molecule has 1 N–H and O–H groups in total. The molecule has 0 atom stereocenters. The maximum absolute atomic E-state index is 12.5. The Morgan fingerprint density at radius 3 is 2.62 bits per heavy atom. The van der Waals surface area contributed by atoms with Gasteiger partial charge in [0.1, 0.15) is 11.5 Å². The van der Waals surface area contributed by atoms with Crippen LogP contribution < -0.4 is 14.8 Å². The molecule has 0 aliphatic carbocycles. The topological polar surface area (TPSA) is 47.6 Å². The summed E-state index contributed by atoms with van der Waals surface area (Å²) in [7, 11) is 1.55. The van der Waals surface area contributed by atoms with E-state index in [-0.39, 0.29) is 5.91 Å². The van der Waals surface area contributed by atoms with E-state index in [0.717, 1.165) is 5.56 Å². The second-order valence-corrected chi connectivity index (χ2v) is 4.59. The van der Waals surface area contributed by atoms with Crippen LogP contribution in [0.15, 0.2) is 42.5 Å². The summed E-state index contributed by atoms with van der Waals surface area (Å²) in [6, 6.07) is 12.9. The van der Waals surface area contributed by atoms with Crippen LogP contribution in [0.1, 0.15) is 22.8 Å². The SMILES string of the molecule is CCOc1ccccc1NC(=O)c1cc(C)ccc1OC. The van der Waals surface area contributed by atoms with Crippen molar-refractivity contribution in [1.82, 2.24) is 0 Å². The molecule has 4 nitrogen and oxygen atoms in total. The Morgan fingerprint density at radius 1 is 1.14 bits per heavy atom. The Morgan fingerprint density at radius 2 is 1.90 bits per heavy atom. The molecule has 0 radical (unpaired) electrons. The highest BCUT2D eigenvalue weighted by Gasteiger charge is 2.14. The van der Waals surface area contributed by atoms with Gasteiger partial charge in [-0.3, -0.25) is 4.79 Å². The molecule has 0 aliphatic rings. The van der Waals surface area contributed by atoms with Gasteiger partial charge in [-0.05, 0) is 38.1 Å². The lowest BCUT2D eigenvalue weighted by Gasteiger charge is -2.13. The number of benzene rings is 2. The third-order valence-electron chi connectivity index (χ3n) is 3.03. The number of hydrogen-bond donors (Lipinski definition) is 1. The maximum atomic E-state index is 12.5. The molecule has 21 heavy (non-hydrogen) atoms. The summed E-state index contributed by atoms with van der Waals surface area (Å²) >= 11 is 0. The standard InChI is InChI=1S/C17H19NO3/c1-4-21-16-8-6-5-7-14(16)18-17(19)13-11-12(2)9-10-15(13)20-3/h5-11H,4H2,1-3H3,(H,18,19). The Labute approximate surface area is 124 Å². The summed E-state index contributed by atoms with van der Waals surface area (Å²) < 4.78 is 10.8. The number of aryl methyl sites for hydroxylation is 1. The van der Waals surface area contributed by atoms with Gasteiger partial charge in [-0.15, -0.1) is 0 Å². The lowest BCUT2D eigenvalue weighted by atomic mass is 10.1. The molecule has 0 heterocycles. The van der Waals surface area contributed by atoms with Gasteiger partial charge in [0.05, 0.1) is 25.0 Å². The van der Waals surface area contributed by atoms with Crippen molar-refractivity contribution in [2.75, 3.05) is 19.0 Å². The molecule has 1 amide bonds. The van der Waals surface area contributed by atoms with Crippen LogP contribution in [0.2, 0.25) is 0 Å². The Hall–Kier alpha value is -2.49. The van der Waals surface area contributed by atoms with E-state index in [1.54, 1.807) is 19.2 Å². The van der Waals surface area contributed by atoms with E-state index in [4.69, 9.17) is 9.47 Å². The minimum absolute atomic E-state index is 0.220. The predicted octanol–water partition coefficient (Wildman–Crippen LogP) is 3.65. The molecule has 0 saturated carbocycles. The zero-order valence-corrected chi connectivity index (χ0v) is 12.5. The van der Waals surface area contributed by atoms with Gasteiger partial charge in [0.25, 0.3) is 5.91 Å². The van der Waals surface area contributed by atoms with Gasteiger partial charge >= 0.3 is 0 Å². The first-order valence-corrected chi connectivity index (χ1v) is 6.83. The summed E-state index contributed by atoms with van der Waals surface area (Å²) in [4.78, 5) is 12.5. The minimum Gasteiger partial charge on any atom is -0.496 e. The maximum Gasteiger partial charge on any atom is 0.259 e. The monoisotopic (exact) mass is 285 g/mol. The molecule has 0 unspecified atom stereocenters. The van der Waals surface area contributed by atoms with Crippen LogP contribution >= 0.6 is 0 Å². The number of anilines is 1. The number of hydrogen-bond acceptors (Lipinski definition) is 3. The van der Waals surface area contributed by atoms with Crippen LogP contribution in [0.3, 0.4) is 0 Å². The molecule has 0 aliphatic heterocycles. The van der Waals surface area contributed by atoms with Crippen LogP contribution in [0.4, 0.5) is 5.69 Å². The fourth-order valence-corrected chi connectivity index (χ4v) is 2.04. The van der Waals surface area contributed by atoms with E-state index in [2.05, 4.69) is 5.32 Å². The highest BCUT2D eigenvalue weighted by atomic mass is 16.5. The number of nitrogens with one attached hydrogen (secondary N) is 1. The normalized spacial score (nSPS) is 10.0. The summed E-state index contributed by atoms with van der Waals surface area (Å²) in [5, 5.41) is 2.87. The van der Waals surface area contributed by atoms with Gasteiger partial charge in [-0.2, -0.15) is 0 Å². The van der Waals surface area contributed by atoms with Gasteiger partial charge in [0.15, 0.2) is 0 Å². The molecule has 2 aromatic carbocycles. The molecule has 110 valence electrons. The smallest absolute Gasteiger partial charge is 0.259 e. The first kappa shape index (κ1) is 14.9. The van der Waals surface area contributed by atoms with E-state index in [1.165, 1.54) is 0 Å². The molecular weight excluding hydrogens is 266 g/mol. The molecule has 0 fully saturated rings. The highest BCUT2D eigenvalue weighted by molar-refractivity contribution is 6.07. The van der Waals surface area contributed by atoms with Gasteiger partial charge in [-0.25, -0.2) is 0 Å². The van der Waals surface area contributed by atoms with Crippen molar-refractivity contribution >= 4 is 11.6 Å². The first-order chi connectivity index (χ1) is 10.2. The third kappa shape index (κ3) is 3.54. The van der Waals surface area contributed by atoms with Crippen molar-refractivity contribution in [3.63, 3.8) is 0 Å². The molecular formula is C17H19NO3. The number of ether oxygens (including phenoxy) is 2. The fraction of sp³-hybridized carbons (Fsp3) is 0.235. The first-order valence-electron chi connectivity index (χ1n) is 6.83. The average molecular weight is 285 g/mol. The largest absolute Gasteiger partial charge is 0.496 e. The zero-order valence-electron chi connectivity index (χ0n) is 12.5. The summed E-state index contributed by atoms with van der Waals surface area (Å²) in [5.41, 5.74) is 2.15. The van der Waals surface area contributed by atoms with Crippen LogP contribution in [0.5, 0.6) is 11.5 Å². The summed E-state index contributed by atoms with van der Waals surface area (Å²) in [6.07, 6.45) is 0. The van der Waals surface area contributed by atoms with Crippen LogP contribution in [0, 0.1) is 6.92 Å². The predicted molar refractivity (Wildman–Crippen MR) is 83.3 cm³/mol. The van der Waals surface area contributed by atoms with E-state index < -0.39 is 0 Å². The van der Waals surface area contributed by atoms with Gasteiger partial charge < -0.3 is 14.8 Å². The number of rotatable bonds is 5. The van der Waals surface area contributed by atoms with Crippen molar-refractivity contribution in [3.8, 4) is 11.5 Å². The van der Waals surface area contributed by atoms with E-state index >= 15 is 0 Å². The number of carbonyl (C=O) groups is 1. The molecule has 0 spiro atoms. The fourth-order valence-electron chi connectivity index (χ4n) is 2.04. The molecule has 0 saturated heterocycles. The highest BCUT2D eigenvalue weighted by Crippen LogP contribution is 2.26. The molecule has 2 rings (SSSR count). The lowest BCUT2D eigenvalue weighted by molar-refractivity contribution is 0.102. The average Bonchev–Trinajstić information content (AvgIpc) is 2.49. The van der Waals surface area contributed by atoms with Crippen molar-refractivity contribution in [3.05, 3.63) is 53.6 Å². The van der Waals surface area contributed by atoms with Gasteiger partial charge in [0, 0.05) is 0 Å². The minimum atomic E-state index is -0.220. The summed E-state index contributed by atoms with van der Waals surface area (Å²) in [5.74, 6) is 0.981. The number of methoxy groups -OCH3 is 1.